The van der Waals surface area contributed by atoms with Crippen molar-refractivity contribution in [2.75, 3.05) is 13.7 Å². The molecule has 5 nitrogen and oxygen atoms in total. The van der Waals surface area contributed by atoms with E-state index >= 15 is 0 Å². The fraction of sp³-hybridized carbons (Fsp3) is 0.462. The Labute approximate surface area is 119 Å². The molecule has 1 aromatic carbocycles. The second-order valence-corrected chi connectivity index (χ2v) is 4.08. The molecule has 0 spiro atoms. The highest BCUT2D eigenvalue weighted by Gasteiger charge is 2.31. The number of nitrogens with two attached hydrogens (primary N) is 1. The molecule has 0 radical (unpaired) electrons. The van der Waals surface area contributed by atoms with E-state index in [9.17, 15) is 18.0 Å². The molecule has 0 heterocycles. The molecule has 1 aromatic rings. The number of carbonyl (C=O) groups excluding carboxylic acids is 1. The highest BCUT2D eigenvalue weighted by atomic mass is 19.4. The number of hydrogen-bond donors (Lipinski definition) is 1. The first-order chi connectivity index (χ1) is 9.76. The zero-order valence-electron chi connectivity index (χ0n) is 11.6. The molecule has 0 saturated carbocycles. The first-order valence-electron chi connectivity index (χ1n) is 6.11. The van der Waals surface area contributed by atoms with Gasteiger partial charge >= 0.3 is 12.3 Å². The van der Waals surface area contributed by atoms with Gasteiger partial charge in [0.2, 0.25) is 0 Å². The maximum atomic E-state index is 12.2. The van der Waals surface area contributed by atoms with E-state index < -0.39 is 24.1 Å². The second kappa shape index (κ2) is 7.16. The lowest BCUT2D eigenvalue weighted by atomic mass is 10.1. The fourth-order valence-corrected chi connectivity index (χ4v) is 1.68. The van der Waals surface area contributed by atoms with E-state index in [-0.39, 0.29) is 13.0 Å². The molecule has 0 aliphatic carbocycles. The molecule has 0 saturated heterocycles. The second-order valence-electron chi connectivity index (χ2n) is 4.08. The van der Waals surface area contributed by atoms with Gasteiger partial charge in [0.1, 0.15) is 17.5 Å². The number of carbonyl (C=O) groups is 1. The monoisotopic (exact) mass is 307 g/mol. The third-order valence-corrected chi connectivity index (χ3v) is 2.51. The summed E-state index contributed by atoms with van der Waals surface area (Å²) in [6.07, 6.45) is -4.83. The average molecular weight is 307 g/mol. The Hall–Kier alpha value is -1.96. The number of benzene rings is 1. The minimum absolute atomic E-state index is 0.0307. The first-order valence-corrected chi connectivity index (χ1v) is 6.11. The standard InChI is InChI=1S/C13H16F3NO4/c1-3-20-12(18)10(17)7-8-6-9(21-13(14,15)16)4-5-11(8)19-2/h4-6,10H,3,7,17H2,1-2H3. The van der Waals surface area contributed by atoms with Crippen LogP contribution in [-0.4, -0.2) is 32.1 Å². The van der Waals surface area contributed by atoms with Gasteiger partial charge in [-0.05, 0) is 30.7 Å². The fourth-order valence-electron chi connectivity index (χ4n) is 1.68. The van der Waals surface area contributed by atoms with Crippen molar-refractivity contribution in [3.63, 3.8) is 0 Å². The number of esters is 1. The van der Waals surface area contributed by atoms with Crippen molar-refractivity contribution in [3.8, 4) is 11.5 Å². The van der Waals surface area contributed by atoms with Crippen LogP contribution < -0.4 is 15.2 Å². The van der Waals surface area contributed by atoms with E-state index in [1.807, 2.05) is 0 Å². The Bertz CT molecular complexity index is 491. The summed E-state index contributed by atoms with van der Waals surface area (Å²) in [6.45, 7) is 1.80. The zero-order chi connectivity index (χ0) is 16.0. The summed E-state index contributed by atoms with van der Waals surface area (Å²) >= 11 is 0. The molecule has 0 aliphatic heterocycles. The summed E-state index contributed by atoms with van der Waals surface area (Å²) in [6, 6.07) is 2.56. The van der Waals surface area contributed by atoms with Crippen LogP contribution in [0, 0.1) is 0 Å². The van der Waals surface area contributed by atoms with E-state index in [1.54, 1.807) is 6.92 Å². The van der Waals surface area contributed by atoms with Gasteiger partial charge in [-0.2, -0.15) is 0 Å². The zero-order valence-corrected chi connectivity index (χ0v) is 11.6. The molecule has 1 rings (SSSR count). The average Bonchev–Trinajstić information content (AvgIpc) is 2.37. The number of methoxy groups -OCH3 is 1. The minimum Gasteiger partial charge on any atom is -0.496 e. The SMILES string of the molecule is CCOC(=O)C(N)Cc1cc(OC(F)(F)F)ccc1OC. The van der Waals surface area contributed by atoms with Crippen LogP contribution >= 0.6 is 0 Å². The van der Waals surface area contributed by atoms with Crippen molar-refractivity contribution in [1.29, 1.82) is 0 Å². The van der Waals surface area contributed by atoms with Gasteiger partial charge in [0.25, 0.3) is 0 Å². The van der Waals surface area contributed by atoms with E-state index in [0.717, 1.165) is 12.1 Å². The summed E-state index contributed by atoms with van der Waals surface area (Å²) in [7, 11) is 1.36. The lowest BCUT2D eigenvalue weighted by Gasteiger charge is -2.15. The molecule has 2 N–H and O–H groups in total. The van der Waals surface area contributed by atoms with E-state index in [0.29, 0.717) is 11.3 Å². The van der Waals surface area contributed by atoms with Gasteiger partial charge in [0.15, 0.2) is 0 Å². The number of alkyl halides is 3. The molecule has 1 atom stereocenters. The van der Waals surface area contributed by atoms with E-state index in [2.05, 4.69) is 4.74 Å². The Balaban J connectivity index is 2.92. The third-order valence-electron chi connectivity index (χ3n) is 2.51. The van der Waals surface area contributed by atoms with Crippen molar-refractivity contribution in [1.82, 2.24) is 0 Å². The Morgan fingerprint density at radius 2 is 2.05 bits per heavy atom. The lowest BCUT2D eigenvalue weighted by molar-refractivity contribution is -0.274. The molecule has 0 aromatic heterocycles. The summed E-state index contributed by atoms with van der Waals surface area (Å²) < 4.78 is 50.2. The van der Waals surface area contributed by atoms with Crippen molar-refractivity contribution in [2.24, 2.45) is 5.73 Å². The summed E-state index contributed by atoms with van der Waals surface area (Å²) in [5.41, 5.74) is 5.96. The number of ether oxygens (including phenoxy) is 3. The highest BCUT2D eigenvalue weighted by molar-refractivity contribution is 5.76. The van der Waals surface area contributed by atoms with Crippen molar-refractivity contribution < 1.29 is 32.2 Å². The Morgan fingerprint density at radius 3 is 2.57 bits per heavy atom. The van der Waals surface area contributed by atoms with Crippen LogP contribution in [0.3, 0.4) is 0 Å². The molecule has 0 aliphatic rings. The van der Waals surface area contributed by atoms with Crippen molar-refractivity contribution >= 4 is 5.97 Å². The lowest BCUT2D eigenvalue weighted by Crippen LogP contribution is -2.34. The third kappa shape index (κ3) is 5.50. The quantitative estimate of drug-likeness (QED) is 0.814. The van der Waals surface area contributed by atoms with Gasteiger partial charge in [0.05, 0.1) is 13.7 Å². The van der Waals surface area contributed by atoms with Crippen LogP contribution in [0.15, 0.2) is 18.2 Å². The number of halogens is 3. The molecular weight excluding hydrogens is 291 g/mol. The smallest absolute Gasteiger partial charge is 0.496 e. The van der Waals surface area contributed by atoms with Gasteiger partial charge in [-0.1, -0.05) is 0 Å². The van der Waals surface area contributed by atoms with Crippen LogP contribution in [0.4, 0.5) is 13.2 Å². The van der Waals surface area contributed by atoms with Gasteiger partial charge in [-0.25, -0.2) is 0 Å². The predicted molar refractivity (Wildman–Crippen MR) is 68.0 cm³/mol. The first kappa shape index (κ1) is 17.1. The van der Waals surface area contributed by atoms with Gasteiger partial charge in [-0.15, -0.1) is 13.2 Å². The number of hydrogen-bond acceptors (Lipinski definition) is 5. The van der Waals surface area contributed by atoms with E-state index in [4.69, 9.17) is 15.2 Å². The van der Waals surface area contributed by atoms with Crippen LogP contribution in [0.5, 0.6) is 11.5 Å². The van der Waals surface area contributed by atoms with Gasteiger partial charge in [-0.3, -0.25) is 4.79 Å². The van der Waals surface area contributed by atoms with Crippen LogP contribution in [-0.2, 0) is 16.0 Å². The molecule has 0 fully saturated rings. The summed E-state index contributed by atoms with van der Waals surface area (Å²) in [5.74, 6) is -0.736. The van der Waals surface area contributed by atoms with Crippen molar-refractivity contribution in [3.05, 3.63) is 23.8 Å². The molecule has 0 amide bonds. The topological polar surface area (TPSA) is 70.8 Å². The Kier molecular flexibility index (Phi) is 5.83. The van der Waals surface area contributed by atoms with Gasteiger partial charge < -0.3 is 19.9 Å². The molecule has 0 bridgehead atoms. The van der Waals surface area contributed by atoms with Crippen molar-refractivity contribution in [2.45, 2.75) is 25.7 Å². The minimum atomic E-state index is -4.80. The highest BCUT2D eigenvalue weighted by Crippen LogP contribution is 2.29. The molecule has 21 heavy (non-hydrogen) atoms. The summed E-state index contributed by atoms with van der Waals surface area (Å²) in [5, 5.41) is 0. The maximum absolute atomic E-state index is 12.2. The Morgan fingerprint density at radius 1 is 1.38 bits per heavy atom. The molecular formula is C13H16F3NO4. The molecule has 118 valence electrons. The number of rotatable bonds is 6. The maximum Gasteiger partial charge on any atom is 0.573 e. The van der Waals surface area contributed by atoms with Crippen LogP contribution in [0.2, 0.25) is 0 Å². The van der Waals surface area contributed by atoms with Gasteiger partial charge in [0, 0.05) is 6.42 Å². The molecule has 8 heteroatoms. The normalized spacial score (nSPS) is 12.7. The van der Waals surface area contributed by atoms with E-state index in [1.165, 1.54) is 13.2 Å². The largest absolute Gasteiger partial charge is 0.573 e. The van der Waals surface area contributed by atoms with Crippen LogP contribution in [0.1, 0.15) is 12.5 Å². The predicted octanol–water partition coefficient (Wildman–Crippen LogP) is 2.03. The molecule has 1 unspecified atom stereocenters. The summed E-state index contributed by atoms with van der Waals surface area (Å²) in [4.78, 5) is 11.5. The van der Waals surface area contributed by atoms with Crippen LogP contribution in [0.25, 0.3) is 0 Å².